The zero-order chi connectivity index (χ0) is 17.0. The van der Waals surface area contributed by atoms with Crippen molar-refractivity contribution in [3.63, 3.8) is 0 Å². The summed E-state index contributed by atoms with van der Waals surface area (Å²) in [6.45, 7) is 0. The summed E-state index contributed by atoms with van der Waals surface area (Å²) in [6, 6.07) is 0.632. The van der Waals surface area contributed by atoms with E-state index in [1.54, 1.807) is 0 Å². The predicted molar refractivity (Wildman–Crippen MR) is 96.6 cm³/mol. The fraction of sp³-hybridized carbons (Fsp3) is 0.684. The van der Waals surface area contributed by atoms with Gasteiger partial charge in [-0.3, -0.25) is 9.98 Å². The van der Waals surface area contributed by atoms with Gasteiger partial charge in [0.15, 0.2) is 5.72 Å². The Kier molecular flexibility index (Phi) is 3.62. The molecule has 134 valence electrons. The van der Waals surface area contributed by atoms with E-state index in [1.807, 2.05) is 6.08 Å². The van der Waals surface area contributed by atoms with E-state index in [1.165, 1.54) is 5.70 Å². The molecule has 0 spiro atoms. The molecular formula is C19H26N4O2. The number of hydrogen-bond donors (Lipinski definition) is 4. The maximum absolute atomic E-state index is 10.9. The van der Waals surface area contributed by atoms with Crippen LogP contribution in [0.2, 0.25) is 0 Å². The Balaban J connectivity index is 1.52. The van der Waals surface area contributed by atoms with Crippen molar-refractivity contribution in [3.8, 4) is 0 Å². The molecule has 8 bridgehead atoms. The Morgan fingerprint density at radius 1 is 0.960 bits per heavy atom. The van der Waals surface area contributed by atoms with E-state index in [0.29, 0.717) is 24.9 Å². The Morgan fingerprint density at radius 2 is 1.84 bits per heavy atom. The van der Waals surface area contributed by atoms with Gasteiger partial charge in [0.05, 0.1) is 0 Å². The third kappa shape index (κ3) is 2.76. The van der Waals surface area contributed by atoms with Crippen LogP contribution in [0.1, 0.15) is 51.4 Å². The molecule has 5 aliphatic rings. The van der Waals surface area contributed by atoms with Crippen LogP contribution >= 0.6 is 0 Å². The van der Waals surface area contributed by atoms with E-state index in [-0.39, 0.29) is 6.04 Å². The van der Waals surface area contributed by atoms with Gasteiger partial charge in [-0.1, -0.05) is 0 Å². The minimum atomic E-state index is -1.36. The van der Waals surface area contributed by atoms with Crippen molar-refractivity contribution in [2.24, 2.45) is 9.98 Å². The molecule has 6 nitrogen and oxygen atoms in total. The summed E-state index contributed by atoms with van der Waals surface area (Å²) in [6.07, 6.45) is 10.5. The molecule has 0 amide bonds. The standard InChI is InChI=1S/C19H26N4O2/c24-18-17-6-5-16(22-17)15-4-3-13(21-15)9-11-1-2-12(20-11)10-14-7-8-19(18,25)23-14/h9-10,15-18,21-22,24-25H,1-8H2. The quantitative estimate of drug-likeness (QED) is 0.532. The van der Waals surface area contributed by atoms with Crippen molar-refractivity contribution in [3.05, 3.63) is 23.5 Å². The van der Waals surface area contributed by atoms with Gasteiger partial charge in [0, 0.05) is 47.4 Å². The predicted octanol–water partition coefficient (Wildman–Crippen LogP) is 1.16. The summed E-state index contributed by atoms with van der Waals surface area (Å²) in [5, 5.41) is 28.9. The normalized spacial score (nSPS) is 42.8. The fourth-order valence-corrected chi connectivity index (χ4v) is 4.94. The highest BCUT2D eigenvalue weighted by Crippen LogP contribution is 2.34. The van der Waals surface area contributed by atoms with Crippen LogP contribution in [0.25, 0.3) is 0 Å². The second kappa shape index (κ2) is 5.76. The summed E-state index contributed by atoms with van der Waals surface area (Å²) in [5.41, 5.74) is 2.95. The minimum Gasteiger partial charge on any atom is -0.386 e. The van der Waals surface area contributed by atoms with Gasteiger partial charge in [0.2, 0.25) is 0 Å². The zero-order valence-electron chi connectivity index (χ0n) is 14.4. The Bertz CT molecular complexity index is 710. The molecule has 5 aliphatic heterocycles. The molecule has 2 fully saturated rings. The summed E-state index contributed by atoms with van der Waals surface area (Å²) in [5.74, 6) is 0. The summed E-state index contributed by atoms with van der Waals surface area (Å²) in [4.78, 5) is 9.24. The number of nitrogens with zero attached hydrogens (tertiary/aromatic N) is 2. The van der Waals surface area contributed by atoms with Crippen LogP contribution in [0, 0.1) is 0 Å². The molecule has 5 heterocycles. The van der Waals surface area contributed by atoms with Crippen molar-refractivity contribution < 1.29 is 10.2 Å². The zero-order valence-corrected chi connectivity index (χ0v) is 14.4. The molecule has 2 saturated heterocycles. The molecule has 0 aliphatic carbocycles. The lowest BCUT2D eigenvalue weighted by Crippen LogP contribution is -2.53. The Labute approximate surface area is 147 Å². The van der Waals surface area contributed by atoms with E-state index in [9.17, 15) is 10.2 Å². The van der Waals surface area contributed by atoms with Gasteiger partial charge in [0.1, 0.15) is 6.10 Å². The molecule has 5 unspecified atom stereocenters. The van der Waals surface area contributed by atoms with Crippen LogP contribution in [0.15, 0.2) is 33.5 Å². The van der Waals surface area contributed by atoms with Gasteiger partial charge < -0.3 is 20.8 Å². The largest absolute Gasteiger partial charge is 0.386 e. The second-order valence-electron chi connectivity index (χ2n) is 8.08. The summed E-state index contributed by atoms with van der Waals surface area (Å²) in [7, 11) is 0. The number of aliphatic hydroxyl groups is 2. The molecule has 0 aromatic carbocycles. The molecule has 5 atom stereocenters. The highest BCUT2D eigenvalue weighted by molar-refractivity contribution is 6.01. The Morgan fingerprint density at radius 3 is 2.76 bits per heavy atom. The average Bonchev–Trinajstić information content (AvgIpc) is 3.35. The van der Waals surface area contributed by atoms with Crippen LogP contribution in [0.3, 0.4) is 0 Å². The third-order valence-electron chi connectivity index (χ3n) is 6.34. The summed E-state index contributed by atoms with van der Waals surface area (Å²) >= 11 is 0. The van der Waals surface area contributed by atoms with Crippen LogP contribution in [-0.2, 0) is 0 Å². The molecule has 0 radical (unpaired) electrons. The van der Waals surface area contributed by atoms with Crippen LogP contribution in [-0.4, -0.2) is 51.6 Å². The van der Waals surface area contributed by atoms with Crippen LogP contribution < -0.4 is 10.6 Å². The molecule has 0 saturated carbocycles. The number of aliphatic imine (C=N–C) groups is 2. The minimum absolute atomic E-state index is 0.0961. The number of hydrogen-bond acceptors (Lipinski definition) is 6. The number of fused-ring (bicyclic) bond motifs is 7. The van der Waals surface area contributed by atoms with Gasteiger partial charge in [-0.15, -0.1) is 0 Å². The molecule has 0 aromatic rings. The highest BCUT2D eigenvalue weighted by atomic mass is 16.4. The fourth-order valence-electron chi connectivity index (χ4n) is 4.94. The third-order valence-corrected chi connectivity index (χ3v) is 6.34. The number of rotatable bonds is 0. The first-order chi connectivity index (χ1) is 12.1. The van der Waals surface area contributed by atoms with Gasteiger partial charge in [-0.05, 0) is 57.1 Å². The first-order valence-electron chi connectivity index (χ1n) is 9.59. The topological polar surface area (TPSA) is 89.2 Å². The molecule has 4 N–H and O–H groups in total. The lowest BCUT2D eigenvalue weighted by atomic mass is 9.96. The molecular weight excluding hydrogens is 316 g/mol. The van der Waals surface area contributed by atoms with Gasteiger partial charge in [0.25, 0.3) is 0 Å². The smallest absolute Gasteiger partial charge is 0.184 e. The Hall–Kier alpha value is -1.50. The molecule has 0 aromatic heterocycles. The van der Waals surface area contributed by atoms with Crippen molar-refractivity contribution >= 4 is 11.4 Å². The van der Waals surface area contributed by atoms with E-state index in [4.69, 9.17) is 4.99 Å². The second-order valence-corrected chi connectivity index (χ2v) is 8.08. The maximum Gasteiger partial charge on any atom is 0.184 e. The average molecular weight is 342 g/mol. The SMILES string of the molecule is OC1C2CCC(N2)C2CCC(=CC3=NC(=CC4=NC1(O)CC4)CC3)N2. The van der Waals surface area contributed by atoms with Gasteiger partial charge >= 0.3 is 0 Å². The molecule has 25 heavy (non-hydrogen) atoms. The van der Waals surface area contributed by atoms with Gasteiger partial charge in [-0.25, -0.2) is 0 Å². The number of aliphatic hydroxyl groups excluding tert-OH is 1. The van der Waals surface area contributed by atoms with Gasteiger partial charge in [-0.2, -0.15) is 0 Å². The molecule has 6 heteroatoms. The van der Waals surface area contributed by atoms with Crippen molar-refractivity contribution in [2.75, 3.05) is 0 Å². The van der Waals surface area contributed by atoms with Crippen molar-refractivity contribution in [2.45, 2.75) is 81.3 Å². The first-order valence-corrected chi connectivity index (χ1v) is 9.59. The van der Waals surface area contributed by atoms with Crippen LogP contribution in [0.5, 0.6) is 0 Å². The lowest BCUT2D eigenvalue weighted by molar-refractivity contribution is -0.0811. The van der Waals surface area contributed by atoms with Crippen LogP contribution in [0.4, 0.5) is 0 Å². The number of allylic oxidation sites excluding steroid dienone is 4. The van der Waals surface area contributed by atoms with Crippen molar-refractivity contribution in [1.29, 1.82) is 0 Å². The first kappa shape index (κ1) is 15.7. The van der Waals surface area contributed by atoms with E-state index in [0.717, 1.165) is 55.6 Å². The lowest BCUT2D eigenvalue weighted by Gasteiger charge is -2.31. The van der Waals surface area contributed by atoms with E-state index in [2.05, 4.69) is 21.7 Å². The maximum atomic E-state index is 10.9. The molecule has 5 rings (SSSR count). The van der Waals surface area contributed by atoms with E-state index < -0.39 is 11.8 Å². The monoisotopic (exact) mass is 342 g/mol. The van der Waals surface area contributed by atoms with Crippen molar-refractivity contribution in [1.82, 2.24) is 10.6 Å². The highest BCUT2D eigenvalue weighted by Gasteiger charge is 2.46. The van der Waals surface area contributed by atoms with E-state index >= 15 is 0 Å². The summed E-state index contributed by atoms with van der Waals surface area (Å²) < 4.78 is 0. The number of nitrogens with one attached hydrogen (secondary N) is 2.